The summed E-state index contributed by atoms with van der Waals surface area (Å²) >= 11 is 0. The summed E-state index contributed by atoms with van der Waals surface area (Å²) in [6, 6.07) is 10.7. The molecule has 0 spiro atoms. The topological polar surface area (TPSA) is 123 Å². The number of amides is 2. The minimum atomic E-state index is -0.208. The molecule has 0 unspecified atom stereocenters. The minimum absolute atomic E-state index is 0.126. The number of aromatic hydroxyl groups is 2. The summed E-state index contributed by atoms with van der Waals surface area (Å²) in [6.07, 6.45) is 11.0. The molecule has 0 aliphatic rings. The van der Waals surface area contributed by atoms with Crippen molar-refractivity contribution < 1.29 is 19.8 Å². The van der Waals surface area contributed by atoms with Gasteiger partial charge in [-0.3, -0.25) is 9.59 Å². The van der Waals surface area contributed by atoms with Gasteiger partial charge in [-0.05, 0) is 48.9 Å². The Labute approximate surface area is 212 Å². The molecular formula is C28H34N4O4. The number of nitrogens with one attached hydrogen (secondary N) is 2. The minimum Gasteiger partial charge on any atom is -0.507 e. The van der Waals surface area contributed by atoms with Crippen LogP contribution in [0, 0.1) is 0 Å². The van der Waals surface area contributed by atoms with Crippen LogP contribution < -0.4 is 10.9 Å². The van der Waals surface area contributed by atoms with E-state index in [-0.39, 0.29) is 23.3 Å². The first-order valence-electron chi connectivity index (χ1n) is 11.9. The van der Waals surface area contributed by atoms with Crippen LogP contribution in [-0.4, -0.2) is 34.5 Å². The van der Waals surface area contributed by atoms with E-state index in [9.17, 15) is 19.8 Å². The Morgan fingerprint density at radius 1 is 0.722 bits per heavy atom. The number of unbranched alkanes of at least 4 members (excludes halogenated alkanes) is 3. The van der Waals surface area contributed by atoms with Crippen LogP contribution in [0.2, 0.25) is 0 Å². The maximum atomic E-state index is 11.9. The van der Waals surface area contributed by atoms with E-state index in [0.29, 0.717) is 49.7 Å². The highest BCUT2D eigenvalue weighted by Gasteiger charge is 2.06. The van der Waals surface area contributed by atoms with Gasteiger partial charge in [0.25, 0.3) is 0 Å². The standard InChI is InChI=1S/C28H34N4O4/c1-3-11-21-13-9-15-23(27(21)35)19-29-31-25(33)17-7-5-6-8-18-26(34)32-30-20-24-16-10-14-22(12-4-2)28(24)36/h3-4,9-10,13-16,19-20,35-36H,1-2,5-8,11-12,17-18H2,(H,31,33)(H,32,34)/b29-19+,30-20+. The van der Waals surface area contributed by atoms with Crippen molar-refractivity contribution >= 4 is 24.2 Å². The number of phenols is 2. The van der Waals surface area contributed by atoms with Crippen molar-refractivity contribution in [1.29, 1.82) is 0 Å². The largest absolute Gasteiger partial charge is 0.507 e. The van der Waals surface area contributed by atoms with Crippen molar-refractivity contribution in [3.8, 4) is 11.5 Å². The molecule has 36 heavy (non-hydrogen) atoms. The third kappa shape index (κ3) is 9.58. The second kappa shape index (κ2) is 15.7. The average Bonchev–Trinajstić information content (AvgIpc) is 2.86. The Morgan fingerprint density at radius 3 is 1.53 bits per heavy atom. The lowest BCUT2D eigenvalue weighted by atomic mass is 10.1. The molecule has 4 N–H and O–H groups in total. The Kier molecular flexibility index (Phi) is 12.2. The first kappa shape index (κ1) is 28.0. The van der Waals surface area contributed by atoms with Gasteiger partial charge in [0.2, 0.25) is 11.8 Å². The molecular weight excluding hydrogens is 456 g/mol. The van der Waals surface area contributed by atoms with Crippen LogP contribution in [0.3, 0.4) is 0 Å². The number of hydrazone groups is 2. The van der Waals surface area contributed by atoms with Crippen LogP contribution in [0.15, 0.2) is 71.9 Å². The van der Waals surface area contributed by atoms with Gasteiger partial charge >= 0.3 is 0 Å². The van der Waals surface area contributed by atoms with Crippen LogP contribution in [0.1, 0.15) is 60.8 Å². The van der Waals surface area contributed by atoms with Crippen molar-refractivity contribution in [1.82, 2.24) is 10.9 Å². The molecule has 0 atom stereocenters. The van der Waals surface area contributed by atoms with Gasteiger partial charge in [0.05, 0.1) is 12.4 Å². The predicted molar refractivity (Wildman–Crippen MR) is 143 cm³/mol. The van der Waals surface area contributed by atoms with Crippen molar-refractivity contribution in [2.24, 2.45) is 10.2 Å². The lowest BCUT2D eigenvalue weighted by Crippen LogP contribution is -2.17. The van der Waals surface area contributed by atoms with Crippen molar-refractivity contribution in [2.75, 3.05) is 0 Å². The molecule has 0 saturated carbocycles. The van der Waals surface area contributed by atoms with Crippen LogP contribution in [0.25, 0.3) is 0 Å². The molecule has 0 bridgehead atoms. The number of benzene rings is 2. The molecule has 2 aromatic rings. The molecule has 190 valence electrons. The number of carbonyl (C=O) groups excluding carboxylic acids is 2. The van der Waals surface area contributed by atoms with Crippen LogP contribution in [0.5, 0.6) is 11.5 Å². The third-order valence-electron chi connectivity index (χ3n) is 5.37. The van der Waals surface area contributed by atoms with Crippen molar-refractivity contribution in [3.05, 3.63) is 84.0 Å². The number of para-hydroxylation sites is 2. The second-order valence-corrected chi connectivity index (χ2v) is 8.20. The summed E-state index contributed by atoms with van der Waals surface area (Å²) in [6.45, 7) is 7.33. The highest BCUT2D eigenvalue weighted by atomic mass is 16.3. The lowest BCUT2D eigenvalue weighted by molar-refractivity contribution is -0.122. The molecule has 0 fully saturated rings. The molecule has 0 heterocycles. The summed E-state index contributed by atoms with van der Waals surface area (Å²) < 4.78 is 0. The zero-order chi connectivity index (χ0) is 26.2. The smallest absolute Gasteiger partial charge is 0.240 e. The van der Waals surface area contributed by atoms with Crippen molar-refractivity contribution in [3.63, 3.8) is 0 Å². The van der Waals surface area contributed by atoms with E-state index in [4.69, 9.17) is 0 Å². The zero-order valence-electron chi connectivity index (χ0n) is 20.4. The van der Waals surface area contributed by atoms with Crippen LogP contribution >= 0.6 is 0 Å². The fraction of sp³-hybridized carbons (Fsp3) is 0.286. The fourth-order valence-corrected chi connectivity index (χ4v) is 3.46. The Hall–Kier alpha value is -4.20. The highest BCUT2D eigenvalue weighted by Crippen LogP contribution is 2.22. The second-order valence-electron chi connectivity index (χ2n) is 8.20. The average molecular weight is 491 g/mol. The first-order chi connectivity index (χ1) is 17.5. The van der Waals surface area contributed by atoms with Crippen LogP contribution in [-0.2, 0) is 22.4 Å². The summed E-state index contributed by atoms with van der Waals surface area (Å²) in [5, 5.41) is 28.2. The molecule has 2 amide bonds. The number of nitrogens with zero attached hydrogens (tertiary/aromatic N) is 2. The molecule has 8 heteroatoms. The van der Waals surface area contributed by atoms with E-state index in [1.807, 2.05) is 12.1 Å². The summed E-state index contributed by atoms with van der Waals surface area (Å²) in [7, 11) is 0. The maximum Gasteiger partial charge on any atom is 0.240 e. The zero-order valence-corrected chi connectivity index (χ0v) is 20.4. The van der Waals surface area contributed by atoms with Gasteiger partial charge in [-0.15, -0.1) is 13.2 Å². The molecule has 2 aromatic carbocycles. The predicted octanol–water partition coefficient (Wildman–Crippen LogP) is 4.50. The van der Waals surface area contributed by atoms with Gasteiger partial charge in [-0.2, -0.15) is 10.2 Å². The molecule has 8 nitrogen and oxygen atoms in total. The van der Waals surface area contributed by atoms with Gasteiger partial charge < -0.3 is 10.2 Å². The number of carbonyl (C=O) groups is 2. The molecule has 0 aliphatic carbocycles. The maximum absolute atomic E-state index is 11.9. The highest BCUT2D eigenvalue weighted by molar-refractivity contribution is 5.86. The third-order valence-corrected chi connectivity index (χ3v) is 5.37. The first-order valence-corrected chi connectivity index (χ1v) is 11.9. The fourth-order valence-electron chi connectivity index (χ4n) is 3.46. The van der Waals surface area contributed by atoms with Gasteiger partial charge in [0.1, 0.15) is 11.5 Å². The number of allylic oxidation sites excluding steroid dienone is 2. The van der Waals surface area contributed by atoms with Crippen molar-refractivity contribution in [2.45, 2.75) is 51.4 Å². The Morgan fingerprint density at radius 2 is 1.14 bits per heavy atom. The summed E-state index contributed by atoms with van der Waals surface area (Å²) in [4.78, 5) is 23.9. The van der Waals surface area contributed by atoms with E-state index in [1.165, 1.54) is 12.4 Å². The van der Waals surface area contributed by atoms with Gasteiger partial charge in [0.15, 0.2) is 0 Å². The van der Waals surface area contributed by atoms with Gasteiger partial charge in [-0.25, -0.2) is 10.9 Å². The molecule has 0 aliphatic heterocycles. The van der Waals surface area contributed by atoms with E-state index >= 15 is 0 Å². The Balaban J connectivity index is 1.60. The summed E-state index contributed by atoms with van der Waals surface area (Å²) in [5.74, 6) is -0.164. The number of hydrogen-bond acceptors (Lipinski definition) is 6. The molecule has 2 rings (SSSR count). The number of rotatable bonds is 15. The SMILES string of the molecule is C=CCc1cccc(/C=N/NC(=O)CCCCCCC(=O)N/N=C/c2cccc(CC=C)c2O)c1O. The monoisotopic (exact) mass is 490 g/mol. The molecule has 0 aromatic heterocycles. The van der Waals surface area contributed by atoms with Gasteiger partial charge in [0, 0.05) is 24.0 Å². The van der Waals surface area contributed by atoms with Crippen LogP contribution in [0.4, 0.5) is 0 Å². The Bertz CT molecular complexity index is 1020. The van der Waals surface area contributed by atoms with E-state index in [0.717, 1.165) is 24.0 Å². The number of phenolic OH excluding ortho intramolecular Hbond substituents is 2. The quantitative estimate of drug-likeness (QED) is 0.127. The lowest BCUT2D eigenvalue weighted by Gasteiger charge is -2.05. The van der Waals surface area contributed by atoms with E-state index < -0.39 is 0 Å². The normalized spacial score (nSPS) is 11.0. The summed E-state index contributed by atoms with van der Waals surface area (Å²) in [5.41, 5.74) is 7.47. The molecule has 0 radical (unpaired) electrons. The molecule has 0 saturated heterocycles. The number of hydrogen-bond donors (Lipinski definition) is 4. The van der Waals surface area contributed by atoms with E-state index in [1.54, 1.807) is 36.4 Å². The van der Waals surface area contributed by atoms with E-state index in [2.05, 4.69) is 34.2 Å². The van der Waals surface area contributed by atoms with Gasteiger partial charge in [-0.1, -0.05) is 49.3 Å².